The molecule has 0 spiro atoms. The Morgan fingerprint density at radius 2 is 2.00 bits per heavy atom. The molecule has 144 valence electrons. The predicted octanol–water partition coefficient (Wildman–Crippen LogP) is 3.27. The summed E-state index contributed by atoms with van der Waals surface area (Å²) >= 11 is 0. The number of hydrogen-bond acceptors (Lipinski definition) is 6. The summed E-state index contributed by atoms with van der Waals surface area (Å²) in [6.07, 6.45) is 0.940. The number of carbonyl (C=O) groups excluding carboxylic acids is 1. The van der Waals surface area contributed by atoms with Crippen LogP contribution in [0.4, 0.5) is 0 Å². The van der Waals surface area contributed by atoms with Crippen LogP contribution < -0.4 is 5.32 Å². The van der Waals surface area contributed by atoms with Gasteiger partial charge < -0.3 is 19.2 Å². The van der Waals surface area contributed by atoms with Gasteiger partial charge in [-0.25, -0.2) is 4.98 Å². The fraction of sp³-hybridized carbons (Fsp3) is 0.421. The van der Waals surface area contributed by atoms with E-state index >= 15 is 0 Å². The van der Waals surface area contributed by atoms with Crippen molar-refractivity contribution in [2.24, 2.45) is 0 Å². The number of amides is 1. The average Bonchev–Trinajstić information content (AvgIpc) is 3.03. The van der Waals surface area contributed by atoms with Gasteiger partial charge in [-0.3, -0.25) is 4.79 Å². The Morgan fingerprint density at radius 3 is 2.74 bits per heavy atom. The molecule has 0 radical (unpaired) electrons. The van der Waals surface area contributed by atoms with Crippen LogP contribution >= 0.6 is 12.4 Å². The lowest BCUT2D eigenvalue weighted by molar-refractivity contribution is 0.0768. The van der Waals surface area contributed by atoms with Crippen LogP contribution in [0.3, 0.4) is 0 Å². The van der Waals surface area contributed by atoms with Gasteiger partial charge in [-0.15, -0.1) is 12.4 Å². The van der Waals surface area contributed by atoms with Crippen LogP contribution in [0, 0.1) is 20.8 Å². The van der Waals surface area contributed by atoms with E-state index < -0.39 is 0 Å². The number of rotatable bonds is 2. The second-order valence-corrected chi connectivity index (χ2v) is 6.73. The lowest BCUT2D eigenvalue weighted by Crippen LogP contribution is -2.34. The predicted molar refractivity (Wildman–Crippen MR) is 104 cm³/mol. The van der Waals surface area contributed by atoms with Gasteiger partial charge in [-0.05, 0) is 45.9 Å². The van der Waals surface area contributed by atoms with Crippen molar-refractivity contribution in [1.29, 1.82) is 0 Å². The Hall–Kier alpha value is -2.38. The maximum atomic E-state index is 13.3. The molecule has 8 heteroatoms. The van der Waals surface area contributed by atoms with Gasteiger partial charge in [0.15, 0.2) is 0 Å². The average molecular weight is 391 g/mol. The molecular formula is C19H23ClN4O3. The second kappa shape index (κ2) is 7.70. The minimum absolute atomic E-state index is 0. The maximum absolute atomic E-state index is 13.3. The smallest absolute Gasteiger partial charge is 0.259 e. The van der Waals surface area contributed by atoms with Gasteiger partial charge in [-0.2, -0.15) is 0 Å². The molecule has 1 saturated heterocycles. The molecule has 27 heavy (non-hydrogen) atoms. The lowest BCUT2D eigenvalue weighted by Gasteiger charge is -2.20. The van der Waals surface area contributed by atoms with E-state index in [1.807, 2.05) is 37.8 Å². The first-order chi connectivity index (χ1) is 12.5. The number of nitrogens with zero attached hydrogens (tertiary/aromatic N) is 3. The first-order valence-corrected chi connectivity index (χ1v) is 8.89. The zero-order valence-corrected chi connectivity index (χ0v) is 16.5. The highest BCUT2D eigenvalue weighted by atomic mass is 35.5. The number of fused-ring (bicyclic) bond motifs is 1. The van der Waals surface area contributed by atoms with E-state index in [1.54, 1.807) is 0 Å². The van der Waals surface area contributed by atoms with Crippen molar-refractivity contribution in [3.05, 3.63) is 34.9 Å². The third-order valence-electron chi connectivity index (χ3n) is 4.79. The van der Waals surface area contributed by atoms with Crippen molar-refractivity contribution in [2.45, 2.75) is 27.2 Å². The summed E-state index contributed by atoms with van der Waals surface area (Å²) in [5.74, 6) is 1.56. The molecule has 1 aliphatic heterocycles. The minimum atomic E-state index is -0.00785. The van der Waals surface area contributed by atoms with E-state index in [1.165, 1.54) is 0 Å². The topological polar surface area (TPSA) is 84.4 Å². The normalized spacial score (nSPS) is 14.9. The van der Waals surface area contributed by atoms with Crippen molar-refractivity contribution >= 4 is 29.4 Å². The zero-order valence-electron chi connectivity index (χ0n) is 15.7. The number of hydrogen-bond donors (Lipinski definition) is 1. The molecule has 1 N–H and O–H groups in total. The first kappa shape index (κ1) is 19.4. The molecule has 1 aliphatic rings. The summed E-state index contributed by atoms with van der Waals surface area (Å²) in [7, 11) is 0. The van der Waals surface area contributed by atoms with Crippen LogP contribution in [0.25, 0.3) is 22.4 Å². The molecular weight excluding hydrogens is 368 g/mol. The van der Waals surface area contributed by atoms with Gasteiger partial charge in [0.2, 0.25) is 0 Å². The Morgan fingerprint density at radius 1 is 1.19 bits per heavy atom. The molecule has 3 aromatic heterocycles. The quantitative estimate of drug-likeness (QED) is 0.722. The molecule has 0 unspecified atom stereocenters. The molecule has 0 aliphatic carbocycles. The molecule has 1 amide bonds. The molecule has 0 aromatic carbocycles. The Kier molecular flexibility index (Phi) is 5.53. The maximum Gasteiger partial charge on any atom is 0.259 e. The third-order valence-corrected chi connectivity index (χ3v) is 4.79. The first-order valence-electron chi connectivity index (χ1n) is 8.89. The van der Waals surface area contributed by atoms with Crippen LogP contribution in [-0.2, 0) is 0 Å². The Balaban J connectivity index is 0.00000210. The largest absolute Gasteiger partial charge is 0.466 e. The van der Waals surface area contributed by atoms with Crippen molar-refractivity contribution in [3.63, 3.8) is 0 Å². The zero-order chi connectivity index (χ0) is 18.3. The van der Waals surface area contributed by atoms with E-state index in [9.17, 15) is 4.79 Å². The molecule has 7 nitrogen and oxygen atoms in total. The Labute approximate surface area is 163 Å². The molecule has 0 atom stereocenters. The highest BCUT2D eigenvalue weighted by Crippen LogP contribution is 2.31. The molecule has 3 aromatic rings. The SMILES string of the molecule is Cc1cc(-c2cc(C(=O)N3CCCNCC3)c3c(C)noc3n2)c(C)o1.Cl. The van der Waals surface area contributed by atoms with E-state index in [-0.39, 0.29) is 18.3 Å². The summed E-state index contributed by atoms with van der Waals surface area (Å²) in [5, 5.41) is 8.03. The fourth-order valence-corrected chi connectivity index (χ4v) is 3.51. The molecule has 1 fully saturated rings. The fourth-order valence-electron chi connectivity index (χ4n) is 3.51. The van der Waals surface area contributed by atoms with Crippen LogP contribution in [0.1, 0.15) is 34.0 Å². The number of halogens is 1. The monoisotopic (exact) mass is 390 g/mol. The highest BCUT2D eigenvalue weighted by Gasteiger charge is 2.24. The lowest BCUT2D eigenvalue weighted by atomic mass is 10.0. The van der Waals surface area contributed by atoms with Crippen molar-refractivity contribution in [3.8, 4) is 11.3 Å². The number of furan rings is 1. The molecule has 4 rings (SSSR count). The third kappa shape index (κ3) is 3.57. The van der Waals surface area contributed by atoms with E-state index in [0.717, 1.165) is 43.1 Å². The molecule has 0 saturated carbocycles. The van der Waals surface area contributed by atoms with Gasteiger partial charge in [0.05, 0.1) is 22.3 Å². The minimum Gasteiger partial charge on any atom is -0.466 e. The molecule has 0 bridgehead atoms. The van der Waals surface area contributed by atoms with E-state index in [4.69, 9.17) is 8.94 Å². The van der Waals surface area contributed by atoms with Crippen LogP contribution in [0.2, 0.25) is 0 Å². The highest BCUT2D eigenvalue weighted by molar-refractivity contribution is 6.07. The summed E-state index contributed by atoms with van der Waals surface area (Å²) in [4.78, 5) is 19.7. The standard InChI is InChI=1S/C19H22N4O3.ClH/c1-11-9-14(13(3)25-11)16-10-15(17-12(2)22-26-18(17)21-16)19(24)23-7-4-5-20-6-8-23;/h9-10,20H,4-8H2,1-3H3;1H. The summed E-state index contributed by atoms with van der Waals surface area (Å²) < 4.78 is 11.0. The molecule has 4 heterocycles. The number of nitrogens with one attached hydrogen (secondary N) is 1. The number of aromatic nitrogens is 2. The summed E-state index contributed by atoms with van der Waals surface area (Å²) in [6, 6.07) is 3.77. The van der Waals surface area contributed by atoms with Gasteiger partial charge in [0.1, 0.15) is 11.5 Å². The van der Waals surface area contributed by atoms with Crippen molar-refractivity contribution in [2.75, 3.05) is 26.2 Å². The second-order valence-electron chi connectivity index (χ2n) is 6.73. The van der Waals surface area contributed by atoms with Gasteiger partial charge in [-0.1, -0.05) is 5.16 Å². The summed E-state index contributed by atoms with van der Waals surface area (Å²) in [6.45, 7) is 8.77. The van der Waals surface area contributed by atoms with E-state index in [2.05, 4.69) is 15.5 Å². The van der Waals surface area contributed by atoms with Gasteiger partial charge >= 0.3 is 0 Å². The van der Waals surface area contributed by atoms with Crippen LogP contribution in [-0.4, -0.2) is 47.1 Å². The number of aryl methyl sites for hydroxylation is 3. The number of pyridine rings is 1. The van der Waals surface area contributed by atoms with Crippen molar-refractivity contribution < 1.29 is 13.7 Å². The van der Waals surface area contributed by atoms with Gasteiger partial charge in [0.25, 0.3) is 11.6 Å². The van der Waals surface area contributed by atoms with Crippen molar-refractivity contribution in [1.82, 2.24) is 20.4 Å². The van der Waals surface area contributed by atoms with Crippen LogP contribution in [0.15, 0.2) is 21.1 Å². The van der Waals surface area contributed by atoms with E-state index in [0.29, 0.717) is 34.6 Å². The Bertz CT molecular complexity index is 971. The number of carbonyl (C=O) groups is 1. The summed E-state index contributed by atoms with van der Waals surface area (Å²) in [5.41, 5.74) is 3.18. The van der Waals surface area contributed by atoms with Gasteiger partial charge in [0, 0.05) is 25.2 Å². The van der Waals surface area contributed by atoms with Crippen LogP contribution in [0.5, 0.6) is 0 Å².